The van der Waals surface area contributed by atoms with Crippen LogP contribution in [0.2, 0.25) is 0 Å². The maximum absolute atomic E-state index is 12.5. The molecular formula is C26H34N4O2. The highest BCUT2D eigenvalue weighted by molar-refractivity contribution is 6.04. The average Bonchev–Trinajstić information content (AvgIpc) is 3.40. The quantitative estimate of drug-likeness (QED) is 0.489. The molecule has 0 spiro atoms. The first-order chi connectivity index (χ1) is 15.7. The van der Waals surface area contributed by atoms with Crippen LogP contribution in [0.5, 0.6) is 0 Å². The highest BCUT2D eigenvalue weighted by atomic mass is 16.2. The van der Waals surface area contributed by atoms with Gasteiger partial charge >= 0.3 is 6.03 Å². The number of benzene rings is 2. The Balaban J connectivity index is 1.14. The first-order valence-corrected chi connectivity index (χ1v) is 12.3. The zero-order chi connectivity index (χ0) is 22.1. The van der Waals surface area contributed by atoms with Crippen molar-refractivity contribution in [3.8, 4) is 0 Å². The van der Waals surface area contributed by atoms with Crippen LogP contribution in [0.15, 0.2) is 42.5 Å². The van der Waals surface area contributed by atoms with Crippen LogP contribution in [0.25, 0.3) is 10.8 Å². The Morgan fingerprint density at radius 1 is 0.938 bits per heavy atom. The summed E-state index contributed by atoms with van der Waals surface area (Å²) in [5, 5.41) is 2.63. The van der Waals surface area contributed by atoms with Crippen molar-refractivity contribution in [1.29, 1.82) is 0 Å². The molecule has 0 N–H and O–H groups in total. The standard InChI is InChI=1S/C26H34N4O2/c1-2-21-19-28(23-12-7-10-20-9-3-4-11-22(20)23)18-17-27(21)14-5-6-15-30-25(31)24-13-8-16-29(24)26(30)32/h3-4,7,9-12,21,24H,2,5-6,8,13-19H2,1H3/t21-,24?/m1/s1. The van der Waals surface area contributed by atoms with Gasteiger partial charge in [-0.3, -0.25) is 14.6 Å². The van der Waals surface area contributed by atoms with Crippen molar-refractivity contribution in [3.05, 3.63) is 42.5 Å². The van der Waals surface area contributed by atoms with Crippen LogP contribution in [0.3, 0.4) is 0 Å². The Morgan fingerprint density at radius 3 is 2.59 bits per heavy atom. The fourth-order valence-corrected chi connectivity index (χ4v) is 5.75. The largest absolute Gasteiger partial charge is 0.368 e. The highest BCUT2D eigenvalue weighted by Crippen LogP contribution is 2.30. The van der Waals surface area contributed by atoms with Crippen molar-refractivity contribution in [2.75, 3.05) is 44.2 Å². The van der Waals surface area contributed by atoms with Crippen LogP contribution < -0.4 is 4.90 Å². The van der Waals surface area contributed by atoms with Crippen molar-refractivity contribution >= 4 is 28.4 Å². The van der Waals surface area contributed by atoms with E-state index in [2.05, 4.69) is 59.2 Å². The third kappa shape index (κ3) is 3.85. The van der Waals surface area contributed by atoms with Crippen LogP contribution >= 0.6 is 0 Å². The number of urea groups is 1. The summed E-state index contributed by atoms with van der Waals surface area (Å²) in [6.45, 7) is 7.75. The molecule has 0 radical (unpaired) electrons. The second kappa shape index (κ2) is 9.10. The van der Waals surface area contributed by atoms with Gasteiger partial charge in [0.1, 0.15) is 6.04 Å². The minimum absolute atomic E-state index is 0.0302. The molecule has 3 heterocycles. The fraction of sp³-hybridized carbons (Fsp3) is 0.538. The second-order valence-electron chi connectivity index (χ2n) is 9.37. The summed E-state index contributed by atoms with van der Waals surface area (Å²) >= 11 is 0. The van der Waals surface area contributed by atoms with Gasteiger partial charge in [0, 0.05) is 49.8 Å². The molecule has 2 atom stereocenters. The number of nitrogens with zero attached hydrogens (tertiary/aromatic N) is 4. The van der Waals surface area contributed by atoms with Crippen LogP contribution in [0.1, 0.15) is 39.0 Å². The number of imide groups is 1. The molecule has 3 fully saturated rings. The molecular weight excluding hydrogens is 400 g/mol. The van der Waals surface area contributed by atoms with E-state index in [1.54, 1.807) is 4.90 Å². The van der Waals surface area contributed by atoms with Crippen LogP contribution in [0, 0.1) is 0 Å². The van der Waals surface area contributed by atoms with Gasteiger partial charge in [-0.2, -0.15) is 0 Å². The lowest BCUT2D eigenvalue weighted by atomic mass is 10.0. The topological polar surface area (TPSA) is 47.1 Å². The van der Waals surface area contributed by atoms with E-state index in [1.165, 1.54) is 21.4 Å². The average molecular weight is 435 g/mol. The number of hydrogen-bond acceptors (Lipinski definition) is 4. The van der Waals surface area contributed by atoms with E-state index in [0.29, 0.717) is 12.6 Å². The molecule has 3 amide bonds. The molecule has 0 aromatic heterocycles. The van der Waals surface area contributed by atoms with Crippen molar-refractivity contribution < 1.29 is 9.59 Å². The van der Waals surface area contributed by atoms with Crippen LogP contribution in [-0.4, -0.2) is 78.0 Å². The lowest BCUT2D eigenvalue weighted by Crippen LogP contribution is -2.53. The number of anilines is 1. The van der Waals surface area contributed by atoms with Gasteiger partial charge < -0.3 is 9.80 Å². The summed E-state index contributed by atoms with van der Waals surface area (Å²) in [6.07, 6.45) is 4.82. The number of hydrogen-bond donors (Lipinski definition) is 0. The molecule has 32 heavy (non-hydrogen) atoms. The molecule has 6 heteroatoms. The van der Waals surface area contributed by atoms with E-state index < -0.39 is 0 Å². The first-order valence-electron chi connectivity index (χ1n) is 12.3. The van der Waals surface area contributed by atoms with E-state index in [1.807, 2.05) is 0 Å². The molecule has 2 aromatic carbocycles. The third-order valence-electron chi connectivity index (χ3n) is 7.54. The van der Waals surface area contributed by atoms with E-state index in [-0.39, 0.29) is 18.0 Å². The number of unbranched alkanes of at least 4 members (excludes halogenated alkanes) is 1. The number of carbonyl (C=O) groups excluding carboxylic acids is 2. The minimum atomic E-state index is -0.172. The monoisotopic (exact) mass is 434 g/mol. The normalized spacial score (nSPS) is 24.1. The third-order valence-corrected chi connectivity index (χ3v) is 7.54. The van der Waals surface area contributed by atoms with E-state index in [4.69, 9.17) is 0 Å². The SMILES string of the molecule is CC[C@@H]1CN(c2cccc3ccccc23)CCN1CCCCN1C(=O)C2CCCN2C1=O. The van der Waals surface area contributed by atoms with Crippen molar-refractivity contribution in [3.63, 3.8) is 0 Å². The molecule has 3 aliphatic rings. The predicted octanol–water partition coefficient (Wildman–Crippen LogP) is 3.95. The smallest absolute Gasteiger partial charge is 0.327 e. The molecule has 0 saturated carbocycles. The minimum Gasteiger partial charge on any atom is -0.368 e. The Bertz CT molecular complexity index is 965. The zero-order valence-electron chi connectivity index (χ0n) is 19.1. The number of piperazine rings is 1. The van der Waals surface area contributed by atoms with Gasteiger partial charge in [-0.05, 0) is 50.1 Å². The predicted molar refractivity (Wildman–Crippen MR) is 128 cm³/mol. The maximum atomic E-state index is 12.5. The summed E-state index contributed by atoms with van der Waals surface area (Å²) < 4.78 is 0. The number of carbonyl (C=O) groups is 2. The molecule has 0 bridgehead atoms. The van der Waals surface area contributed by atoms with Crippen molar-refractivity contribution in [2.24, 2.45) is 0 Å². The molecule has 5 rings (SSSR count). The van der Waals surface area contributed by atoms with Gasteiger partial charge in [-0.25, -0.2) is 4.79 Å². The van der Waals surface area contributed by atoms with Gasteiger partial charge in [0.25, 0.3) is 5.91 Å². The second-order valence-corrected chi connectivity index (χ2v) is 9.37. The van der Waals surface area contributed by atoms with Crippen molar-refractivity contribution in [1.82, 2.24) is 14.7 Å². The van der Waals surface area contributed by atoms with Gasteiger partial charge in [0.2, 0.25) is 0 Å². The summed E-state index contributed by atoms with van der Waals surface area (Å²) in [6, 6.07) is 15.5. The summed E-state index contributed by atoms with van der Waals surface area (Å²) in [4.78, 5) is 33.4. The lowest BCUT2D eigenvalue weighted by Gasteiger charge is -2.42. The van der Waals surface area contributed by atoms with Crippen LogP contribution in [0.4, 0.5) is 10.5 Å². The van der Waals surface area contributed by atoms with Crippen molar-refractivity contribution in [2.45, 2.75) is 51.1 Å². The van der Waals surface area contributed by atoms with E-state index in [9.17, 15) is 9.59 Å². The Labute approximate surface area is 190 Å². The Kier molecular flexibility index (Phi) is 6.05. The molecule has 3 aliphatic heterocycles. The summed E-state index contributed by atoms with van der Waals surface area (Å²) in [5.74, 6) is 0.0302. The summed E-state index contributed by atoms with van der Waals surface area (Å²) in [7, 11) is 0. The highest BCUT2D eigenvalue weighted by Gasteiger charge is 2.46. The molecule has 2 aromatic rings. The van der Waals surface area contributed by atoms with E-state index in [0.717, 1.165) is 64.8 Å². The zero-order valence-corrected chi connectivity index (χ0v) is 19.1. The molecule has 6 nitrogen and oxygen atoms in total. The fourth-order valence-electron chi connectivity index (χ4n) is 5.75. The molecule has 0 aliphatic carbocycles. The number of rotatable bonds is 7. The Hall–Kier alpha value is -2.60. The van der Waals surface area contributed by atoms with Gasteiger partial charge in [0.05, 0.1) is 0 Å². The number of amides is 3. The lowest BCUT2D eigenvalue weighted by molar-refractivity contribution is -0.128. The van der Waals surface area contributed by atoms with E-state index >= 15 is 0 Å². The van der Waals surface area contributed by atoms with Gasteiger partial charge in [0.15, 0.2) is 0 Å². The number of fused-ring (bicyclic) bond motifs is 2. The Morgan fingerprint density at radius 2 is 1.75 bits per heavy atom. The van der Waals surface area contributed by atoms with Crippen LogP contribution in [-0.2, 0) is 4.79 Å². The molecule has 3 saturated heterocycles. The summed E-state index contributed by atoms with van der Waals surface area (Å²) in [5.41, 5.74) is 1.34. The van der Waals surface area contributed by atoms with Gasteiger partial charge in [-0.1, -0.05) is 43.3 Å². The first kappa shape index (κ1) is 21.3. The molecule has 170 valence electrons. The molecule has 1 unspecified atom stereocenters. The van der Waals surface area contributed by atoms with Gasteiger partial charge in [-0.15, -0.1) is 0 Å². The maximum Gasteiger partial charge on any atom is 0.327 e.